The van der Waals surface area contributed by atoms with Gasteiger partial charge in [-0.2, -0.15) is 0 Å². The Morgan fingerprint density at radius 2 is 2.20 bits per heavy atom. The van der Waals surface area contributed by atoms with Gasteiger partial charge < -0.3 is 4.90 Å². The molecule has 0 radical (unpaired) electrons. The Morgan fingerprint density at radius 1 is 1.47 bits per heavy atom. The van der Waals surface area contributed by atoms with Crippen molar-refractivity contribution >= 4 is 11.6 Å². The summed E-state index contributed by atoms with van der Waals surface area (Å²) in [7, 11) is 2.15. The van der Waals surface area contributed by atoms with E-state index in [2.05, 4.69) is 36.2 Å². The van der Waals surface area contributed by atoms with Crippen LogP contribution in [0.3, 0.4) is 0 Å². The van der Waals surface area contributed by atoms with E-state index in [9.17, 15) is 0 Å². The van der Waals surface area contributed by atoms with Gasteiger partial charge in [0.2, 0.25) is 0 Å². The first-order valence-electron chi connectivity index (χ1n) is 5.57. The summed E-state index contributed by atoms with van der Waals surface area (Å²) in [6, 6.07) is 8.74. The second-order valence-electron chi connectivity index (χ2n) is 4.60. The molecular weight excluding hydrogens is 206 g/mol. The molecule has 15 heavy (non-hydrogen) atoms. The summed E-state index contributed by atoms with van der Waals surface area (Å²) < 4.78 is 0. The summed E-state index contributed by atoms with van der Waals surface area (Å²) in [5.41, 5.74) is 3.06. The number of hydrogen-bond donors (Lipinski definition) is 0. The molecule has 0 spiro atoms. The number of halogens is 1. The van der Waals surface area contributed by atoms with E-state index in [1.54, 1.807) is 0 Å². The number of likely N-dealkylation sites (N-methyl/N-ethyl adjacent to an activating group) is 1. The van der Waals surface area contributed by atoms with Crippen molar-refractivity contribution in [3.63, 3.8) is 0 Å². The van der Waals surface area contributed by atoms with Crippen LogP contribution in [0.15, 0.2) is 24.3 Å². The third-order valence-corrected chi connectivity index (χ3v) is 3.19. The summed E-state index contributed by atoms with van der Waals surface area (Å²) in [5, 5.41) is 0.241. The molecule has 0 heterocycles. The molecule has 1 nitrogen and oxygen atoms in total. The molecule has 1 aliphatic rings. The molecule has 82 valence electrons. The highest BCUT2D eigenvalue weighted by Gasteiger charge is 2.26. The van der Waals surface area contributed by atoms with Gasteiger partial charge >= 0.3 is 0 Å². The minimum Gasteiger partial charge on any atom is -0.304 e. The van der Waals surface area contributed by atoms with Crippen molar-refractivity contribution in [2.45, 2.75) is 24.6 Å². The van der Waals surface area contributed by atoms with Gasteiger partial charge in [0, 0.05) is 24.4 Å². The van der Waals surface area contributed by atoms with Crippen LogP contribution in [0.25, 0.3) is 0 Å². The van der Waals surface area contributed by atoms with Crippen molar-refractivity contribution in [1.82, 2.24) is 4.90 Å². The summed E-state index contributed by atoms with van der Waals surface area (Å²) in [4.78, 5) is 2.33. The Bertz CT molecular complexity index is 335. The Morgan fingerprint density at radius 3 is 2.87 bits per heavy atom. The molecule has 2 atom stereocenters. The zero-order valence-electron chi connectivity index (χ0n) is 9.41. The Labute approximate surface area is 97.0 Å². The van der Waals surface area contributed by atoms with Crippen LogP contribution in [-0.4, -0.2) is 30.4 Å². The lowest BCUT2D eigenvalue weighted by atomic mass is 9.77. The molecule has 0 fully saturated rings. The molecule has 1 aromatic carbocycles. The third kappa shape index (κ3) is 2.53. The molecule has 0 saturated carbocycles. The quantitative estimate of drug-likeness (QED) is 0.710. The van der Waals surface area contributed by atoms with E-state index in [-0.39, 0.29) is 5.38 Å². The van der Waals surface area contributed by atoms with Crippen molar-refractivity contribution in [1.29, 1.82) is 0 Å². The largest absolute Gasteiger partial charge is 0.304 e. The first-order valence-corrected chi connectivity index (χ1v) is 6.01. The van der Waals surface area contributed by atoms with Gasteiger partial charge in [0.25, 0.3) is 0 Å². The number of rotatable bonds is 4. The van der Waals surface area contributed by atoms with E-state index in [1.807, 2.05) is 6.92 Å². The second kappa shape index (κ2) is 4.54. The minimum absolute atomic E-state index is 0.241. The van der Waals surface area contributed by atoms with Crippen molar-refractivity contribution < 1.29 is 0 Å². The summed E-state index contributed by atoms with van der Waals surface area (Å²) in [5.74, 6) is 0.724. The molecule has 2 unspecified atom stereocenters. The molecule has 1 aromatic rings. The van der Waals surface area contributed by atoms with Crippen LogP contribution >= 0.6 is 11.6 Å². The van der Waals surface area contributed by atoms with Crippen molar-refractivity contribution in [2.24, 2.45) is 0 Å². The highest BCUT2D eigenvalue weighted by Crippen LogP contribution is 2.35. The molecule has 2 rings (SSSR count). The molecule has 1 aliphatic carbocycles. The molecule has 0 saturated heterocycles. The number of alkyl halides is 1. The number of benzene rings is 1. The Kier molecular flexibility index (Phi) is 3.32. The molecule has 0 N–H and O–H groups in total. The smallest absolute Gasteiger partial charge is 0.0434 e. The molecule has 0 amide bonds. The average molecular weight is 224 g/mol. The fourth-order valence-corrected chi connectivity index (χ4v) is 2.64. The fourth-order valence-electron chi connectivity index (χ4n) is 2.41. The van der Waals surface area contributed by atoms with Gasteiger partial charge in [-0.1, -0.05) is 24.3 Å². The van der Waals surface area contributed by atoms with Crippen LogP contribution in [-0.2, 0) is 6.42 Å². The number of nitrogens with zero attached hydrogens (tertiary/aromatic N) is 1. The SMILES string of the molecule is CC(Cl)CN(C)CC1Cc2ccccc21. The summed E-state index contributed by atoms with van der Waals surface area (Å²) in [6.45, 7) is 4.15. The molecule has 0 bridgehead atoms. The summed E-state index contributed by atoms with van der Waals surface area (Å²) in [6.07, 6.45) is 1.23. The van der Waals surface area contributed by atoms with Crippen LogP contribution in [0.2, 0.25) is 0 Å². The third-order valence-electron chi connectivity index (χ3n) is 3.06. The Balaban J connectivity index is 1.89. The van der Waals surface area contributed by atoms with Crippen LogP contribution < -0.4 is 0 Å². The lowest BCUT2D eigenvalue weighted by molar-refractivity contribution is 0.301. The fraction of sp³-hybridized carbons (Fsp3) is 0.538. The average Bonchev–Trinajstić information content (AvgIpc) is 2.13. The van der Waals surface area contributed by atoms with E-state index < -0.39 is 0 Å². The van der Waals surface area contributed by atoms with E-state index in [0.29, 0.717) is 0 Å². The maximum atomic E-state index is 5.98. The van der Waals surface area contributed by atoms with E-state index >= 15 is 0 Å². The molecule has 0 aliphatic heterocycles. The van der Waals surface area contributed by atoms with Crippen LogP contribution in [0, 0.1) is 0 Å². The monoisotopic (exact) mass is 223 g/mol. The zero-order chi connectivity index (χ0) is 10.8. The Hall–Kier alpha value is -0.530. The maximum Gasteiger partial charge on any atom is 0.0434 e. The van der Waals surface area contributed by atoms with E-state index in [1.165, 1.54) is 17.5 Å². The van der Waals surface area contributed by atoms with Gasteiger partial charge in [0.05, 0.1) is 0 Å². The predicted octanol–water partition coefficient (Wildman–Crippen LogP) is 2.89. The zero-order valence-corrected chi connectivity index (χ0v) is 10.2. The van der Waals surface area contributed by atoms with Crippen LogP contribution in [0.1, 0.15) is 24.0 Å². The summed E-state index contributed by atoms with van der Waals surface area (Å²) >= 11 is 5.98. The highest BCUT2D eigenvalue weighted by atomic mass is 35.5. The van der Waals surface area contributed by atoms with Crippen LogP contribution in [0.4, 0.5) is 0 Å². The topological polar surface area (TPSA) is 3.24 Å². The van der Waals surface area contributed by atoms with E-state index in [4.69, 9.17) is 11.6 Å². The van der Waals surface area contributed by atoms with Gasteiger partial charge in [-0.3, -0.25) is 0 Å². The lowest BCUT2D eigenvalue weighted by Gasteiger charge is -2.33. The van der Waals surface area contributed by atoms with Gasteiger partial charge in [-0.25, -0.2) is 0 Å². The van der Waals surface area contributed by atoms with Gasteiger partial charge in [-0.15, -0.1) is 11.6 Å². The molecule has 0 aromatic heterocycles. The van der Waals surface area contributed by atoms with Crippen molar-refractivity contribution in [3.8, 4) is 0 Å². The van der Waals surface area contributed by atoms with Crippen molar-refractivity contribution in [3.05, 3.63) is 35.4 Å². The predicted molar refractivity (Wildman–Crippen MR) is 65.7 cm³/mol. The normalized spacial score (nSPS) is 20.9. The van der Waals surface area contributed by atoms with Gasteiger partial charge in [0.15, 0.2) is 0 Å². The first kappa shape index (κ1) is 11.0. The number of fused-ring (bicyclic) bond motifs is 1. The van der Waals surface area contributed by atoms with Crippen LogP contribution in [0.5, 0.6) is 0 Å². The van der Waals surface area contributed by atoms with E-state index in [0.717, 1.165) is 19.0 Å². The van der Waals surface area contributed by atoms with Crippen molar-refractivity contribution in [2.75, 3.05) is 20.1 Å². The van der Waals surface area contributed by atoms with Gasteiger partial charge in [0.1, 0.15) is 0 Å². The highest BCUT2D eigenvalue weighted by molar-refractivity contribution is 6.20. The second-order valence-corrected chi connectivity index (χ2v) is 5.35. The minimum atomic E-state index is 0.241. The number of hydrogen-bond acceptors (Lipinski definition) is 1. The standard InChI is InChI=1S/C13H18ClN/c1-10(14)8-15(2)9-12-7-11-5-3-4-6-13(11)12/h3-6,10,12H,7-9H2,1-2H3. The first-order chi connectivity index (χ1) is 7.16. The molecule has 2 heteroatoms. The molecular formula is C13H18ClN. The maximum absolute atomic E-state index is 5.98. The lowest BCUT2D eigenvalue weighted by Crippen LogP contribution is -2.33. The van der Waals surface area contributed by atoms with Gasteiger partial charge in [-0.05, 0) is 31.5 Å².